The van der Waals surface area contributed by atoms with Gasteiger partial charge in [0.2, 0.25) is 10.0 Å². The van der Waals surface area contributed by atoms with Crippen LogP contribution in [0.5, 0.6) is 0 Å². The Morgan fingerprint density at radius 3 is 2.52 bits per heavy atom. The Kier molecular flexibility index (Phi) is 5.75. The molecule has 1 N–H and O–H groups in total. The predicted octanol–water partition coefficient (Wildman–Crippen LogP) is 3.86. The molecule has 1 amide bonds. The number of carbonyl (C=O) groups excluding carboxylic acids is 1. The molecule has 0 atom stereocenters. The van der Waals surface area contributed by atoms with Crippen LogP contribution in [-0.2, 0) is 16.4 Å². The van der Waals surface area contributed by atoms with Crippen LogP contribution in [0.25, 0.3) is 0 Å². The van der Waals surface area contributed by atoms with Crippen LogP contribution >= 0.6 is 11.6 Å². The van der Waals surface area contributed by atoms with Crippen LogP contribution in [0.1, 0.15) is 28.4 Å². The lowest BCUT2D eigenvalue weighted by Gasteiger charge is -2.18. The highest BCUT2D eigenvalue weighted by Crippen LogP contribution is 2.27. The quantitative estimate of drug-likeness (QED) is 0.856. The van der Waals surface area contributed by atoms with Gasteiger partial charge in [0.05, 0.1) is 22.5 Å². The molecule has 0 aromatic heterocycles. The molecular weight excluding hydrogens is 360 g/mol. The molecule has 5 nitrogen and oxygen atoms in total. The molecule has 0 radical (unpaired) electrons. The first-order chi connectivity index (χ1) is 11.6. The highest BCUT2D eigenvalue weighted by atomic mass is 35.5. The number of benzene rings is 2. The molecule has 25 heavy (non-hydrogen) atoms. The first-order valence-electron chi connectivity index (χ1n) is 7.78. The van der Waals surface area contributed by atoms with E-state index >= 15 is 0 Å². The van der Waals surface area contributed by atoms with Crippen molar-refractivity contribution in [3.63, 3.8) is 0 Å². The third-order valence-corrected chi connectivity index (χ3v) is 5.57. The maximum Gasteiger partial charge on any atom is 0.257 e. The van der Waals surface area contributed by atoms with Crippen LogP contribution in [-0.4, -0.2) is 27.6 Å². The summed E-state index contributed by atoms with van der Waals surface area (Å²) >= 11 is 6.16. The summed E-state index contributed by atoms with van der Waals surface area (Å²) < 4.78 is 24.5. The van der Waals surface area contributed by atoms with Gasteiger partial charge in [-0.05, 0) is 42.7 Å². The lowest BCUT2D eigenvalue weighted by Crippen LogP contribution is -2.25. The third-order valence-electron chi connectivity index (χ3n) is 4.03. The number of nitrogens with one attached hydrogen (secondary N) is 1. The largest absolute Gasteiger partial charge is 0.321 e. The average Bonchev–Trinajstić information content (AvgIpc) is 2.55. The molecule has 2 rings (SSSR count). The smallest absolute Gasteiger partial charge is 0.257 e. The zero-order valence-corrected chi connectivity index (χ0v) is 16.2. The Hall–Kier alpha value is -2.05. The summed E-state index contributed by atoms with van der Waals surface area (Å²) in [4.78, 5) is 12.7. The second kappa shape index (κ2) is 7.45. The van der Waals surface area contributed by atoms with Crippen molar-refractivity contribution in [1.82, 2.24) is 0 Å². The summed E-state index contributed by atoms with van der Waals surface area (Å²) in [5, 5.41) is 3.16. The van der Waals surface area contributed by atoms with Crippen molar-refractivity contribution in [2.45, 2.75) is 20.3 Å². The van der Waals surface area contributed by atoms with Gasteiger partial charge in [0.25, 0.3) is 5.91 Å². The van der Waals surface area contributed by atoms with Crippen molar-refractivity contribution >= 4 is 38.9 Å². The molecule has 0 bridgehead atoms. The van der Waals surface area contributed by atoms with E-state index in [0.717, 1.165) is 33.8 Å². The molecular formula is C18H21ClN2O3S. The van der Waals surface area contributed by atoms with Gasteiger partial charge in [-0.15, -0.1) is 0 Å². The van der Waals surface area contributed by atoms with E-state index in [2.05, 4.69) is 5.32 Å². The van der Waals surface area contributed by atoms with Gasteiger partial charge in [-0.25, -0.2) is 8.42 Å². The van der Waals surface area contributed by atoms with Crippen LogP contribution in [0, 0.1) is 6.92 Å². The summed E-state index contributed by atoms with van der Waals surface area (Å²) in [6.07, 6.45) is 1.88. The summed E-state index contributed by atoms with van der Waals surface area (Å²) in [6.45, 7) is 3.93. The lowest BCUT2D eigenvalue weighted by atomic mass is 10.1. The molecule has 7 heteroatoms. The first kappa shape index (κ1) is 19.3. The Bertz CT molecular complexity index is 911. The van der Waals surface area contributed by atoms with E-state index in [1.165, 1.54) is 19.2 Å². The monoisotopic (exact) mass is 380 g/mol. The van der Waals surface area contributed by atoms with Gasteiger partial charge in [0.15, 0.2) is 0 Å². The number of para-hydroxylation sites is 1. The van der Waals surface area contributed by atoms with Gasteiger partial charge in [-0.3, -0.25) is 9.10 Å². The molecule has 0 aliphatic rings. The fraction of sp³-hybridized carbons (Fsp3) is 0.278. The number of nitrogens with zero attached hydrogens (tertiary/aromatic N) is 1. The average molecular weight is 381 g/mol. The van der Waals surface area contributed by atoms with Crippen molar-refractivity contribution in [3.05, 3.63) is 58.1 Å². The number of hydrogen-bond donors (Lipinski definition) is 1. The van der Waals surface area contributed by atoms with Gasteiger partial charge in [0.1, 0.15) is 0 Å². The van der Waals surface area contributed by atoms with Crippen LogP contribution in [0.3, 0.4) is 0 Å². The number of rotatable bonds is 5. The van der Waals surface area contributed by atoms with E-state index in [4.69, 9.17) is 11.6 Å². The zero-order chi connectivity index (χ0) is 18.8. The maximum atomic E-state index is 12.7. The van der Waals surface area contributed by atoms with Crippen molar-refractivity contribution in [2.24, 2.45) is 0 Å². The minimum Gasteiger partial charge on any atom is -0.321 e. The topological polar surface area (TPSA) is 66.5 Å². The number of amides is 1. The minimum atomic E-state index is -3.43. The van der Waals surface area contributed by atoms with Crippen LogP contribution in [0.2, 0.25) is 5.02 Å². The van der Waals surface area contributed by atoms with E-state index in [-0.39, 0.29) is 16.5 Å². The number of sulfonamides is 1. The van der Waals surface area contributed by atoms with Crippen LogP contribution in [0.15, 0.2) is 36.4 Å². The Morgan fingerprint density at radius 2 is 1.92 bits per heavy atom. The van der Waals surface area contributed by atoms with E-state index in [9.17, 15) is 13.2 Å². The Morgan fingerprint density at radius 1 is 1.24 bits per heavy atom. The molecule has 0 aliphatic heterocycles. The minimum absolute atomic E-state index is 0.222. The fourth-order valence-corrected chi connectivity index (χ4v) is 3.16. The van der Waals surface area contributed by atoms with E-state index in [0.29, 0.717) is 5.69 Å². The van der Waals surface area contributed by atoms with Gasteiger partial charge < -0.3 is 5.32 Å². The third kappa shape index (κ3) is 4.32. The SMILES string of the molecule is CCc1cccc(C)c1NC(=O)c1cc(N(C)S(C)(=O)=O)ccc1Cl. The molecule has 0 fully saturated rings. The van der Waals surface area contributed by atoms with Crippen molar-refractivity contribution < 1.29 is 13.2 Å². The summed E-state index contributed by atoms with van der Waals surface area (Å²) in [6, 6.07) is 10.4. The molecule has 0 aliphatic carbocycles. The maximum absolute atomic E-state index is 12.7. The van der Waals surface area contributed by atoms with Gasteiger partial charge in [-0.1, -0.05) is 36.7 Å². The molecule has 2 aromatic carbocycles. The van der Waals surface area contributed by atoms with Crippen LogP contribution in [0.4, 0.5) is 11.4 Å². The van der Waals surface area contributed by atoms with E-state index in [1.807, 2.05) is 32.0 Å². The normalized spacial score (nSPS) is 11.2. The van der Waals surface area contributed by atoms with Crippen molar-refractivity contribution in [2.75, 3.05) is 22.9 Å². The first-order valence-corrected chi connectivity index (χ1v) is 10.0. The highest BCUT2D eigenvalue weighted by molar-refractivity contribution is 7.92. The molecule has 0 saturated carbocycles. The second-order valence-corrected chi connectivity index (χ2v) is 8.23. The zero-order valence-electron chi connectivity index (χ0n) is 14.6. The van der Waals surface area contributed by atoms with E-state index < -0.39 is 10.0 Å². The lowest BCUT2D eigenvalue weighted by molar-refractivity contribution is 0.102. The number of aryl methyl sites for hydroxylation is 2. The van der Waals surface area contributed by atoms with Gasteiger partial charge >= 0.3 is 0 Å². The number of anilines is 2. The summed E-state index contributed by atoms with van der Waals surface area (Å²) in [5.74, 6) is -0.377. The van der Waals surface area contributed by atoms with Crippen LogP contribution < -0.4 is 9.62 Å². The number of halogens is 1. The van der Waals surface area contributed by atoms with Gasteiger partial charge in [-0.2, -0.15) is 0 Å². The van der Waals surface area contributed by atoms with Crippen molar-refractivity contribution in [1.29, 1.82) is 0 Å². The van der Waals surface area contributed by atoms with E-state index in [1.54, 1.807) is 6.07 Å². The number of hydrogen-bond acceptors (Lipinski definition) is 3. The highest BCUT2D eigenvalue weighted by Gasteiger charge is 2.18. The van der Waals surface area contributed by atoms with Gasteiger partial charge in [0, 0.05) is 12.7 Å². The summed E-state index contributed by atoms with van der Waals surface area (Å²) in [5.41, 5.74) is 3.33. The molecule has 0 heterocycles. The molecule has 134 valence electrons. The summed E-state index contributed by atoms with van der Waals surface area (Å²) in [7, 11) is -2.00. The Labute approximate surface area is 153 Å². The fourth-order valence-electron chi connectivity index (χ4n) is 2.46. The van der Waals surface area contributed by atoms with Crippen molar-refractivity contribution in [3.8, 4) is 0 Å². The predicted molar refractivity (Wildman–Crippen MR) is 103 cm³/mol. The standard InChI is InChI=1S/C18H21ClN2O3S/c1-5-13-8-6-7-12(2)17(13)20-18(22)15-11-14(9-10-16(15)19)21(3)25(4,23)24/h6-11H,5H2,1-4H3,(H,20,22). The number of carbonyl (C=O) groups is 1. The second-order valence-electron chi connectivity index (χ2n) is 5.81. The molecule has 2 aromatic rings. The molecule has 0 saturated heterocycles. The molecule has 0 unspecified atom stereocenters. The molecule has 0 spiro atoms. The Balaban J connectivity index is 2.41.